The van der Waals surface area contributed by atoms with Gasteiger partial charge < -0.3 is 20.4 Å². The van der Waals surface area contributed by atoms with E-state index in [1.165, 1.54) is 0 Å². The van der Waals surface area contributed by atoms with Gasteiger partial charge in [-0.1, -0.05) is 12.8 Å². The molecule has 2 rings (SSSR count). The molecule has 0 bridgehead atoms. The Hall–Kier alpha value is -1.79. The second-order valence-electron chi connectivity index (χ2n) is 6.85. The Balaban J connectivity index is 1.60. The highest BCUT2D eigenvalue weighted by Gasteiger charge is 2.26. The van der Waals surface area contributed by atoms with Crippen molar-refractivity contribution in [2.45, 2.75) is 51.5 Å². The van der Waals surface area contributed by atoms with E-state index in [0.29, 0.717) is 26.2 Å². The normalized spacial score (nSPS) is 19.2. The molecule has 0 aromatic heterocycles. The van der Waals surface area contributed by atoms with Crippen LogP contribution < -0.4 is 10.6 Å². The quantitative estimate of drug-likeness (QED) is 0.732. The first-order valence-electron chi connectivity index (χ1n) is 9.03. The number of carbonyl (C=O) groups is 3. The van der Waals surface area contributed by atoms with E-state index in [9.17, 15) is 14.4 Å². The molecule has 136 valence electrons. The van der Waals surface area contributed by atoms with Crippen LogP contribution in [0.4, 0.5) is 4.79 Å². The minimum Gasteiger partial charge on any atom is -0.354 e. The van der Waals surface area contributed by atoms with E-state index in [-0.39, 0.29) is 29.8 Å². The summed E-state index contributed by atoms with van der Waals surface area (Å²) in [6, 6.07) is 0.131. The second-order valence-corrected chi connectivity index (χ2v) is 6.85. The first kappa shape index (κ1) is 18.5. The SMILES string of the molecule is CC(=O)N(C)C1CCN(C(=O)NCCNC(=O)C2CCCC2)CC1. The maximum atomic E-state index is 12.1. The summed E-state index contributed by atoms with van der Waals surface area (Å²) in [4.78, 5) is 38.9. The molecular weight excluding hydrogens is 308 g/mol. The van der Waals surface area contributed by atoms with E-state index in [1.807, 2.05) is 7.05 Å². The highest BCUT2D eigenvalue weighted by Crippen LogP contribution is 2.24. The Morgan fingerprint density at radius 2 is 1.58 bits per heavy atom. The molecule has 0 spiro atoms. The van der Waals surface area contributed by atoms with Gasteiger partial charge in [0.1, 0.15) is 0 Å². The lowest BCUT2D eigenvalue weighted by Gasteiger charge is -2.36. The Morgan fingerprint density at radius 1 is 1.00 bits per heavy atom. The van der Waals surface area contributed by atoms with Crippen molar-refractivity contribution in [1.82, 2.24) is 20.4 Å². The van der Waals surface area contributed by atoms with Crippen LogP contribution in [0.1, 0.15) is 45.4 Å². The van der Waals surface area contributed by atoms with Gasteiger partial charge in [-0.3, -0.25) is 9.59 Å². The third-order valence-corrected chi connectivity index (χ3v) is 5.22. The average molecular weight is 338 g/mol. The molecule has 0 unspecified atom stereocenters. The number of carbonyl (C=O) groups excluding carboxylic acids is 3. The predicted molar refractivity (Wildman–Crippen MR) is 91.4 cm³/mol. The number of likely N-dealkylation sites (tertiary alicyclic amines) is 1. The highest BCUT2D eigenvalue weighted by atomic mass is 16.2. The maximum Gasteiger partial charge on any atom is 0.317 e. The first-order valence-corrected chi connectivity index (χ1v) is 9.03. The van der Waals surface area contributed by atoms with E-state index in [0.717, 1.165) is 38.5 Å². The first-order chi connectivity index (χ1) is 11.5. The van der Waals surface area contributed by atoms with E-state index >= 15 is 0 Å². The van der Waals surface area contributed by atoms with E-state index in [4.69, 9.17) is 0 Å². The molecule has 2 fully saturated rings. The minimum atomic E-state index is -0.0888. The summed E-state index contributed by atoms with van der Waals surface area (Å²) in [5, 5.41) is 5.76. The van der Waals surface area contributed by atoms with Crippen LogP contribution in [0.5, 0.6) is 0 Å². The fourth-order valence-electron chi connectivity index (χ4n) is 3.51. The van der Waals surface area contributed by atoms with Crippen molar-refractivity contribution < 1.29 is 14.4 Å². The number of hydrogen-bond donors (Lipinski definition) is 2. The lowest BCUT2D eigenvalue weighted by molar-refractivity contribution is -0.130. The molecule has 1 saturated heterocycles. The van der Waals surface area contributed by atoms with Gasteiger partial charge in [-0.25, -0.2) is 4.79 Å². The smallest absolute Gasteiger partial charge is 0.317 e. The van der Waals surface area contributed by atoms with E-state index in [1.54, 1.807) is 16.7 Å². The van der Waals surface area contributed by atoms with Crippen molar-refractivity contribution in [3.05, 3.63) is 0 Å². The standard InChI is InChI=1S/C17H30N4O3/c1-13(22)20(2)15-7-11-21(12-8-15)17(24)19-10-9-18-16(23)14-5-3-4-6-14/h14-15H,3-12H2,1-2H3,(H,18,23)(H,19,24). The molecular formula is C17H30N4O3. The van der Waals surface area contributed by atoms with Gasteiger partial charge in [0.05, 0.1) is 0 Å². The van der Waals surface area contributed by atoms with Gasteiger partial charge >= 0.3 is 6.03 Å². The fourth-order valence-corrected chi connectivity index (χ4v) is 3.51. The summed E-state index contributed by atoms with van der Waals surface area (Å²) < 4.78 is 0. The summed E-state index contributed by atoms with van der Waals surface area (Å²) in [6.45, 7) is 3.80. The zero-order valence-electron chi connectivity index (χ0n) is 14.8. The molecule has 1 saturated carbocycles. The van der Waals surface area contributed by atoms with Crippen LogP contribution >= 0.6 is 0 Å². The molecule has 0 aromatic carbocycles. The molecule has 1 aliphatic heterocycles. The van der Waals surface area contributed by atoms with Gasteiger partial charge in [0.15, 0.2) is 0 Å². The Labute approximate surface area is 144 Å². The topological polar surface area (TPSA) is 81.8 Å². The maximum absolute atomic E-state index is 12.1. The van der Waals surface area contributed by atoms with Gasteiger partial charge in [0, 0.05) is 52.1 Å². The average Bonchev–Trinajstić information content (AvgIpc) is 3.12. The molecule has 2 aliphatic rings. The minimum absolute atomic E-state index is 0.0657. The predicted octanol–water partition coefficient (Wildman–Crippen LogP) is 0.945. The number of nitrogens with one attached hydrogen (secondary N) is 2. The molecule has 2 N–H and O–H groups in total. The summed E-state index contributed by atoms with van der Waals surface area (Å²) in [7, 11) is 1.82. The van der Waals surface area contributed by atoms with Crippen LogP contribution in [0, 0.1) is 5.92 Å². The van der Waals surface area contributed by atoms with Gasteiger partial charge in [-0.05, 0) is 25.7 Å². The van der Waals surface area contributed by atoms with Crippen LogP contribution in [0.25, 0.3) is 0 Å². The monoisotopic (exact) mass is 338 g/mol. The van der Waals surface area contributed by atoms with Crippen molar-refractivity contribution >= 4 is 17.8 Å². The Kier molecular flexibility index (Phi) is 6.87. The van der Waals surface area contributed by atoms with Crippen molar-refractivity contribution in [3.63, 3.8) is 0 Å². The van der Waals surface area contributed by atoms with E-state index < -0.39 is 0 Å². The van der Waals surface area contributed by atoms with E-state index in [2.05, 4.69) is 10.6 Å². The highest BCUT2D eigenvalue weighted by molar-refractivity contribution is 5.79. The molecule has 0 atom stereocenters. The summed E-state index contributed by atoms with van der Waals surface area (Å²) in [6.07, 6.45) is 5.88. The Morgan fingerprint density at radius 3 is 2.17 bits per heavy atom. The lowest BCUT2D eigenvalue weighted by atomic mass is 10.0. The molecule has 7 heteroatoms. The zero-order valence-corrected chi connectivity index (χ0v) is 14.8. The van der Waals surface area contributed by atoms with Gasteiger partial charge in [0.25, 0.3) is 0 Å². The van der Waals surface area contributed by atoms with Crippen molar-refractivity contribution in [3.8, 4) is 0 Å². The molecule has 0 aromatic rings. The molecule has 4 amide bonds. The van der Waals surface area contributed by atoms with Crippen LogP contribution in [0.2, 0.25) is 0 Å². The number of hydrogen-bond acceptors (Lipinski definition) is 3. The molecule has 0 radical (unpaired) electrons. The van der Waals surface area contributed by atoms with Crippen molar-refractivity contribution in [1.29, 1.82) is 0 Å². The summed E-state index contributed by atoms with van der Waals surface area (Å²) in [5.41, 5.74) is 0. The number of rotatable bonds is 5. The number of piperidine rings is 1. The summed E-state index contributed by atoms with van der Waals surface area (Å²) >= 11 is 0. The third-order valence-electron chi connectivity index (χ3n) is 5.22. The van der Waals surface area contributed by atoms with Crippen LogP contribution in [0.15, 0.2) is 0 Å². The molecule has 1 heterocycles. The van der Waals surface area contributed by atoms with Crippen LogP contribution in [-0.4, -0.2) is 66.9 Å². The number of nitrogens with zero attached hydrogens (tertiary/aromatic N) is 2. The molecule has 7 nitrogen and oxygen atoms in total. The van der Waals surface area contributed by atoms with Crippen molar-refractivity contribution in [2.24, 2.45) is 5.92 Å². The van der Waals surface area contributed by atoms with Gasteiger partial charge in [-0.15, -0.1) is 0 Å². The largest absolute Gasteiger partial charge is 0.354 e. The molecule has 1 aliphatic carbocycles. The Bertz CT molecular complexity index is 455. The van der Waals surface area contributed by atoms with Crippen molar-refractivity contribution in [2.75, 3.05) is 33.2 Å². The number of amides is 4. The zero-order chi connectivity index (χ0) is 17.5. The lowest BCUT2D eigenvalue weighted by Crippen LogP contribution is -2.50. The van der Waals surface area contributed by atoms with Gasteiger partial charge in [0.2, 0.25) is 11.8 Å². The van der Waals surface area contributed by atoms with Gasteiger partial charge in [-0.2, -0.15) is 0 Å². The fraction of sp³-hybridized carbons (Fsp3) is 0.824. The third kappa shape index (κ3) is 5.11. The van der Waals surface area contributed by atoms with Crippen LogP contribution in [0.3, 0.4) is 0 Å². The second kappa shape index (κ2) is 8.89. The molecule has 24 heavy (non-hydrogen) atoms. The number of urea groups is 1. The van der Waals surface area contributed by atoms with Crippen LogP contribution in [-0.2, 0) is 9.59 Å². The summed E-state index contributed by atoms with van der Waals surface area (Å²) in [5.74, 6) is 0.351.